The highest BCUT2D eigenvalue weighted by Gasteiger charge is 2.30. The van der Waals surface area contributed by atoms with E-state index in [4.69, 9.17) is 9.84 Å². The molecule has 41 heavy (non-hydrogen) atoms. The predicted molar refractivity (Wildman–Crippen MR) is 169 cm³/mol. The molecule has 1 N–H and O–H groups in total. The van der Waals surface area contributed by atoms with Crippen molar-refractivity contribution in [1.29, 1.82) is 0 Å². The van der Waals surface area contributed by atoms with Crippen molar-refractivity contribution >= 4 is 5.97 Å². The number of aryl methyl sites for hydroxylation is 1. The third kappa shape index (κ3) is 11.8. The standard InChI is InChI=1S/C37H55FO3/c1-3-5-6-7-8-9-10-11-12-14-19-33-26-34(24-25-35(33)32-17-15-13-16-18-32)41-28-29-20-22-31(23-21-29)30(4-2)27-36(38)37(39)40/h13,15-18,24-26,29-31,36H,3-12,14,19-23,27-28H2,1-2H3,(H,39,40)/t29?,30?,31?,36-/m0/s1. The van der Waals surface area contributed by atoms with Crippen molar-refractivity contribution < 1.29 is 19.0 Å². The number of halogens is 1. The van der Waals surface area contributed by atoms with Gasteiger partial charge in [-0.2, -0.15) is 0 Å². The van der Waals surface area contributed by atoms with E-state index in [2.05, 4.69) is 62.4 Å². The molecule has 0 radical (unpaired) electrons. The third-order valence-corrected chi connectivity index (χ3v) is 9.31. The normalized spacial score (nSPS) is 18.6. The van der Waals surface area contributed by atoms with Crippen molar-refractivity contribution in [2.75, 3.05) is 6.61 Å². The Labute approximate surface area is 249 Å². The van der Waals surface area contributed by atoms with Crippen LogP contribution in [0.5, 0.6) is 5.75 Å². The van der Waals surface area contributed by atoms with Gasteiger partial charge in [0.05, 0.1) is 6.61 Å². The van der Waals surface area contributed by atoms with Gasteiger partial charge in [-0.1, -0.05) is 114 Å². The monoisotopic (exact) mass is 566 g/mol. The first-order chi connectivity index (χ1) is 20.0. The number of hydrogen-bond donors (Lipinski definition) is 1. The van der Waals surface area contributed by atoms with Gasteiger partial charge in [-0.3, -0.25) is 0 Å². The fraction of sp³-hybridized carbons (Fsp3) is 0.649. The maximum atomic E-state index is 13.8. The number of rotatable bonds is 20. The topological polar surface area (TPSA) is 46.5 Å². The Morgan fingerprint density at radius 3 is 2.12 bits per heavy atom. The first-order valence-corrected chi connectivity index (χ1v) is 16.7. The number of aliphatic carboxylic acids is 1. The van der Waals surface area contributed by atoms with E-state index in [1.807, 2.05) is 0 Å². The Balaban J connectivity index is 1.48. The minimum atomic E-state index is -1.74. The molecule has 0 aromatic heterocycles. The quantitative estimate of drug-likeness (QED) is 0.162. The molecule has 2 atom stereocenters. The van der Waals surface area contributed by atoms with E-state index in [0.717, 1.165) is 44.3 Å². The number of carboxylic acids is 1. The molecule has 1 saturated carbocycles. The highest BCUT2D eigenvalue weighted by atomic mass is 19.1. The molecule has 0 bridgehead atoms. The fourth-order valence-electron chi connectivity index (χ4n) is 6.67. The lowest BCUT2D eigenvalue weighted by atomic mass is 9.73. The van der Waals surface area contributed by atoms with Crippen LogP contribution in [-0.2, 0) is 11.2 Å². The number of carbonyl (C=O) groups is 1. The Hall–Kier alpha value is -2.36. The second kappa shape index (κ2) is 18.9. The van der Waals surface area contributed by atoms with Gasteiger partial charge in [0.25, 0.3) is 0 Å². The summed E-state index contributed by atoms with van der Waals surface area (Å²) in [6.07, 6.45) is 18.0. The van der Waals surface area contributed by atoms with Gasteiger partial charge in [0.15, 0.2) is 6.17 Å². The Kier molecular flexibility index (Phi) is 15.3. The second-order valence-corrected chi connectivity index (χ2v) is 12.4. The van der Waals surface area contributed by atoms with Crippen LogP contribution >= 0.6 is 0 Å². The molecule has 3 nitrogen and oxygen atoms in total. The first-order valence-electron chi connectivity index (χ1n) is 16.7. The van der Waals surface area contributed by atoms with Gasteiger partial charge in [0, 0.05) is 0 Å². The van der Waals surface area contributed by atoms with E-state index < -0.39 is 12.1 Å². The highest BCUT2D eigenvalue weighted by molar-refractivity contribution is 5.72. The molecule has 2 aromatic rings. The molecular weight excluding hydrogens is 511 g/mol. The summed E-state index contributed by atoms with van der Waals surface area (Å²) in [5.41, 5.74) is 3.96. The van der Waals surface area contributed by atoms with Crippen LogP contribution in [0.15, 0.2) is 48.5 Å². The van der Waals surface area contributed by atoms with Crippen LogP contribution in [0.3, 0.4) is 0 Å². The second-order valence-electron chi connectivity index (χ2n) is 12.4. The predicted octanol–water partition coefficient (Wildman–Crippen LogP) is 10.8. The molecule has 0 heterocycles. The molecular formula is C37H55FO3. The van der Waals surface area contributed by atoms with Crippen LogP contribution in [0, 0.1) is 17.8 Å². The Morgan fingerprint density at radius 2 is 1.51 bits per heavy atom. The minimum Gasteiger partial charge on any atom is -0.493 e. The number of unbranched alkanes of at least 4 members (excludes halogenated alkanes) is 9. The molecule has 1 aliphatic carbocycles. The summed E-state index contributed by atoms with van der Waals surface area (Å²) >= 11 is 0. The lowest BCUT2D eigenvalue weighted by Gasteiger charge is -2.33. The van der Waals surface area contributed by atoms with E-state index in [1.54, 1.807) is 0 Å². The summed E-state index contributed by atoms with van der Waals surface area (Å²) in [5, 5.41) is 8.98. The number of hydrogen-bond acceptors (Lipinski definition) is 2. The van der Waals surface area contributed by atoms with E-state index in [0.29, 0.717) is 18.4 Å². The molecule has 228 valence electrons. The Bertz CT molecular complexity index is 983. The zero-order valence-corrected chi connectivity index (χ0v) is 25.8. The molecule has 0 aliphatic heterocycles. The molecule has 2 aromatic carbocycles. The smallest absolute Gasteiger partial charge is 0.338 e. The maximum Gasteiger partial charge on any atom is 0.338 e. The lowest BCUT2D eigenvalue weighted by Crippen LogP contribution is -2.28. The number of carboxylic acid groups (broad SMARTS) is 1. The SMILES string of the molecule is CCCCCCCCCCCCc1cc(OCC2CCC(C(CC)C[C@H](F)C(=O)O)CC2)ccc1-c1ccccc1. The largest absolute Gasteiger partial charge is 0.493 e. The third-order valence-electron chi connectivity index (χ3n) is 9.31. The first kappa shape index (κ1) is 33.1. The summed E-state index contributed by atoms with van der Waals surface area (Å²) in [7, 11) is 0. The van der Waals surface area contributed by atoms with Crippen molar-refractivity contribution in [1.82, 2.24) is 0 Å². The van der Waals surface area contributed by atoms with Crippen LogP contribution in [0.25, 0.3) is 11.1 Å². The molecule has 1 aliphatic rings. The van der Waals surface area contributed by atoms with Gasteiger partial charge in [0.1, 0.15) is 5.75 Å². The van der Waals surface area contributed by atoms with E-state index in [1.165, 1.54) is 80.9 Å². The summed E-state index contributed by atoms with van der Waals surface area (Å²) in [6.45, 7) is 5.05. The molecule has 0 spiro atoms. The number of benzene rings is 2. The molecule has 4 heteroatoms. The van der Waals surface area contributed by atoms with Crippen LogP contribution in [0.1, 0.15) is 122 Å². The van der Waals surface area contributed by atoms with Gasteiger partial charge < -0.3 is 9.84 Å². The number of ether oxygens (including phenoxy) is 1. The van der Waals surface area contributed by atoms with Crippen molar-refractivity contribution in [3.8, 4) is 16.9 Å². The average molecular weight is 567 g/mol. The zero-order chi connectivity index (χ0) is 29.3. The summed E-state index contributed by atoms with van der Waals surface area (Å²) in [5.74, 6) is 0.718. The van der Waals surface area contributed by atoms with Crippen LogP contribution < -0.4 is 4.74 Å². The van der Waals surface area contributed by atoms with E-state index in [9.17, 15) is 9.18 Å². The molecule has 3 rings (SSSR count). The van der Waals surface area contributed by atoms with Gasteiger partial charge in [-0.15, -0.1) is 0 Å². The van der Waals surface area contributed by atoms with E-state index in [-0.39, 0.29) is 12.3 Å². The van der Waals surface area contributed by atoms with E-state index >= 15 is 0 Å². The Morgan fingerprint density at radius 1 is 0.878 bits per heavy atom. The zero-order valence-electron chi connectivity index (χ0n) is 25.8. The van der Waals surface area contributed by atoms with Gasteiger partial charge in [-0.05, 0) is 91.5 Å². The molecule has 0 saturated heterocycles. The van der Waals surface area contributed by atoms with Crippen molar-refractivity contribution in [3.63, 3.8) is 0 Å². The van der Waals surface area contributed by atoms with Gasteiger partial charge in [0.2, 0.25) is 0 Å². The average Bonchev–Trinajstić information content (AvgIpc) is 3.00. The molecule has 1 fully saturated rings. The summed E-state index contributed by atoms with van der Waals surface area (Å²) < 4.78 is 20.2. The lowest BCUT2D eigenvalue weighted by molar-refractivity contribution is -0.143. The fourth-order valence-corrected chi connectivity index (χ4v) is 6.67. The highest BCUT2D eigenvalue weighted by Crippen LogP contribution is 2.38. The maximum absolute atomic E-state index is 13.8. The van der Waals surface area contributed by atoms with Gasteiger partial charge in [-0.25, -0.2) is 9.18 Å². The van der Waals surface area contributed by atoms with Crippen molar-refractivity contribution in [2.24, 2.45) is 17.8 Å². The molecule has 1 unspecified atom stereocenters. The van der Waals surface area contributed by atoms with Crippen LogP contribution in [0.2, 0.25) is 0 Å². The summed E-state index contributed by atoms with van der Waals surface area (Å²) in [6, 6.07) is 17.3. The number of alkyl halides is 1. The minimum absolute atomic E-state index is 0.146. The summed E-state index contributed by atoms with van der Waals surface area (Å²) in [4.78, 5) is 11.0. The van der Waals surface area contributed by atoms with Crippen LogP contribution in [-0.4, -0.2) is 23.9 Å². The van der Waals surface area contributed by atoms with Crippen molar-refractivity contribution in [2.45, 2.75) is 129 Å². The molecule has 0 amide bonds. The van der Waals surface area contributed by atoms with Crippen LogP contribution in [0.4, 0.5) is 4.39 Å². The van der Waals surface area contributed by atoms with Gasteiger partial charge >= 0.3 is 5.97 Å². The van der Waals surface area contributed by atoms with Crippen molar-refractivity contribution in [3.05, 3.63) is 54.1 Å².